The summed E-state index contributed by atoms with van der Waals surface area (Å²) in [6.07, 6.45) is 2.63. The molecular weight excluding hydrogens is 434 g/mol. The lowest BCUT2D eigenvalue weighted by Gasteiger charge is -2.30. The van der Waals surface area contributed by atoms with E-state index in [0.717, 1.165) is 4.90 Å². The van der Waals surface area contributed by atoms with Gasteiger partial charge in [0.1, 0.15) is 5.69 Å². The van der Waals surface area contributed by atoms with Crippen LogP contribution in [0.4, 0.5) is 0 Å². The second-order valence-electron chi connectivity index (χ2n) is 7.69. The Labute approximate surface area is 186 Å². The molecule has 2 aromatic rings. The standard InChI is InChI=1S/C22H23N3O6S/c1-2-31-22(28)16-5-4-12-24(14-16)32(29,30)17-9-7-15(8-10-17)13-25-20(26)18-6-3-11-23-19(18)21(25)27/h3,6-11,16H,2,4-5,12-14H2,1H3/t16-/m0/s1. The van der Waals surface area contributed by atoms with Gasteiger partial charge in [-0.2, -0.15) is 4.31 Å². The Bertz CT molecular complexity index is 1130. The maximum Gasteiger partial charge on any atom is 0.310 e. The topological polar surface area (TPSA) is 114 Å². The number of hydrogen-bond donors (Lipinski definition) is 0. The van der Waals surface area contributed by atoms with Crippen LogP contribution in [0.15, 0.2) is 47.5 Å². The molecule has 0 unspecified atom stereocenters. The molecular formula is C22H23N3O6S. The quantitative estimate of drug-likeness (QED) is 0.480. The Hall–Kier alpha value is -3.11. The summed E-state index contributed by atoms with van der Waals surface area (Å²) >= 11 is 0. The Morgan fingerprint density at radius 2 is 1.91 bits per heavy atom. The van der Waals surface area contributed by atoms with Gasteiger partial charge >= 0.3 is 5.97 Å². The zero-order valence-corrected chi connectivity index (χ0v) is 18.4. The molecule has 1 atom stereocenters. The molecule has 2 amide bonds. The lowest BCUT2D eigenvalue weighted by molar-refractivity contribution is -0.149. The van der Waals surface area contributed by atoms with Gasteiger partial charge in [-0.05, 0) is 49.6 Å². The van der Waals surface area contributed by atoms with Crippen LogP contribution in [0.25, 0.3) is 0 Å². The fourth-order valence-corrected chi connectivity index (χ4v) is 5.49. The molecule has 9 nitrogen and oxygen atoms in total. The molecule has 0 radical (unpaired) electrons. The van der Waals surface area contributed by atoms with Gasteiger partial charge in [-0.25, -0.2) is 8.42 Å². The Kier molecular flexibility index (Phi) is 6.07. The minimum absolute atomic E-state index is 0.0169. The van der Waals surface area contributed by atoms with E-state index in [4.69, 9.17) is 4.74 Å². The van der Waals surface area contributed by atoms with Gasteiger partial charge in [-0.3, -0.25) is 24.3 Å². The van der Waals surface area contributed by atoms with Crippen molar-refractivity contribution in [1.82, 2.24) is 14.2 Å². The summed E-state index contributed by atoms with van der Waals surface area (Å²) in [7, 11) is -3.78. The normalized spacial score (nSPS) is 19.2. The maximum atomic E-state index is 13.1. The number of esters is 1. The molecule has 1 aromatic carbocycles. The van der Waals surface area contributed by atoms with Crippen LogP contribution in [-0.4, -0.2) is 60.1 Å². The van der Waals surface area contributed by atoms with Crippen molar-refractivity contribution in [3.63, 3.8) is 0 Å². The minimum atomic E-state index is -3.78. The van der Waals surface area contributed by atoms with Gasteiger partial charge < -0.3 is 4.74 Å². The van der Waals surface area contributed by atoms with E-state index in [9.17, 15) is 22.8 Å². The third-order valence-corrected chi connectivity index (χ3v) is 7.52. The van der Waals surface area contributed by atoms with E-state index in [0.29, 0.717) is 24.9 Å². The molecule has 0 bridgehead atoms. The number of amides is 2. The van der Waals surface area contributed by atoms with Gasteiger partial charge in [-0.1, -0.05) is 12.1 Å². The summed E-state index contributed by atoms with van der Waals surface area (Å²) in [5.74, 6) is -1.74. The Morgan fingerprint density at radius 1 is 1.16 bits per heavy atom. The molecule has 0 N–H and O–H groups in total. The van der Waals surface area contributed by atoms with Crippen molar-refractivity contribution >= 4 is 27.8 Å². The highest BCUT2D eigenvalue weighted by Gasteiger charge is 2.37. The van der Waals surface area contributed by atoms with Crippen LogP contribution in [0.5, 0.6) is 0 Å². The number of sulfonamides is 1. The molecule has 3 heterocycles. The first kappa shape index (κ1) is 22.1. The molecule has 2 aliphatic rings. The van der Waals surface area contributed by atoms with Crippen molar-refractivity contribution in [1.29, 1.82) is 0 Å². The summed E-state index contributed by atoms with van der Waals surface area (Å²) in [6.45, 7) is 2.41. The largest absolute Gasteiger partial charge is 0.466 e. The highest BCUT2D eigenvalue weighted by molar-refractivity contribution is 7.89. The summed E-state index contributed by atoms with van der Waals surface area (Å²) in [5.41, 5.74) is 0.998. The van der Waals surface area contributed by atoms with Gasteiger partial charge in [-0.15, -0.1) is 0 Å². The number of pyridine rings is 1. The van der Waals surface area contributed by atoms with Gasteiger partial charge in [0.15, 0.2) is 0 Å². The number of carbonyl (C=O) groups is 3. The molecule has 0 saturated carbocycles. The molecule has 10 heteroatoms. The Morgan fingerprint density at radius 3 is 2.59 bits per heavy atom. The van der Waals surface area contributed by atoms with E-state index in [1.165, 1.54) is 22.6 Å². The third kappa shape index (κ3) is 4.03. The van der Waals surface area contributed by atoms with Crippen LogP contribution >= 0.6 is 0 Å². The first-order chi connectivity index (χ1) is 15.3. The van der Waals surface area contributed by atoms with Gasteiger partial charge in [0.05, 0.1) is 29.5 Å². The van der Waals surface area contributed by atoms with E-state index in [2.05, 4.69) is 4.98 Å². The summed E-state index contributed by atoms with van der Waals surface area (Å²) in [6, 6.07) is 9.22. The molecule has 4 rings (SSSR count). The van der Waals surface area contributed by atoms with Crippen molar-refractivity contribution in [3.05, 3.63) is 59.4 Å². The summed E-state index contributed by atoms with van der Waals surface area (Å²) in [4.78, 5) is 42.2. The molecule has 0 spiro atoms. The number of nitrogens with zero attached hydrogens (tertiary/aromatic N) is 3. The maximum absolute atomic E-state index is 13.1. The van der Waals surface area contributed by atoms with Gasteiger partial charge in [0, 0.05) is 19.3 Å². The molecule has 1 saturated heterocycles. The average molecular weight is 458 g/mol. The lowest BCUT2D eigenvalue weighted by Crippen LogP contribution is -2.42. The molecule has 2 aliphatic heterocycles. The van der Waals surface area contributed by atoms with Crippen LogP contribution < -0.4 is 0 Å². The fourth-order valence-electron chi connectivity index (χ4n) is 3.97. The Balaban J connectivity index is 1.47. The van der Waals surface area contributed by atoms with Crippen molar-refractivity contribution in [2.45, 2.75) is 31.2 Å². The number of imide groups is 1. The summed E-state index contributed by atoms with van der Waals surface area (Å²) < 4.78 is 32.5. The van der Waals surface area contributed by atoms with E-state index < -0.39 is 27.8 Å². The van der Waals surface area contributed by atoms with Crippen LogP contribution in [0.1, 0.15) is 46.2 Å². The van der Waals surface area contributed by atoms with E-state index in [-0.39, 0.29) is 41.8 Å². The van der Waals surface area contributed by atoms with Gasteiger partial charge in [0.2, 0.25) is 10.0 Å². The molecule has 168 valence electrons. The number of benzene rings is 1. The van der Waals surface area contributed by atoms with Gasteiger partial charge in [0.25, 0.3) is 11.8 Å². The number of ether oxygens (including phenoxy) is 1. The zero-order valence-electron chi connectivity index (χ0n) is 17.6. The number of fused-ring (bicyclic) bond motifs is 1. The van der Waals surface area contributed by atoms with E-state index in [1.807, 2.05) is 0 Å². The molecule has 0 aliphatic carbocycles. The first-order valence-corrected chi connectivity index (χ1v) is 11.8. The van der Waals surface area contributed by atoms with Crippen LogP contribution in [0.3, 0.4) is 0 Å². The number of carbonyl (C=O) groups excluding carboxylic acids is 3. The van der Waals surface area contributed by atoms with E-state index in [1.54, 1.807) is 31.2 Å². The van der Waals surface area contributed by atoms with Crippen LogP contribution in [0, 0.1) is 5.92 Å². The lowest BCUT2D eigenvalue weighted by atomic mass is 10.0. The highest BCUT2D eigenvalue weighted by Crippen LogP contribution is 2.26. The minimum Gasteiger partial charge on any atom is -0.466 e. The van der Waals surface area contributed by atoms with Crippen molar-refractivity contribution < 1.29 is 27.5 Å². The number of piperidine rings is 1. The first-order valence-electron chi connectivity index (χ1n) is 10.4. The average Bonchev–Trinajstić information content (AvgIpc) is 3.05. The second-order valence-corrected chi connectivity index (χ2v) is 9.63. The number of rotatable bonds is 6. The fraction of sp³-hybridized carbons (Fsp3) is 0.364. The zero-order chi connectivity index (χ0) is 22.9. The number of aromatic nitrogens is 1. The predicted octanol–water partition coefficient (Wildman–Crippen LogP) is 1.84. The van der Waals surface area contributed by atoms with E-state index >= 15 is 0 Å². The smallest absolute Gasteiger partial charge is 0.310 e. The third-order valence-electron chi connectivity index (χ3n) is 5.64. The van der Waals surface area contributed by atoms with Crippen molar-refractivity contribution in [3.8, 4) is 0 Å². The molecule has 32 heavy (non-hydrogen) atoms. The predicted molar refractivity (Wildman–Crippen MR) is 113 cm³/mol. The highest BCUT2D eigenvalue weighted by atomic mass is 32.2. The second kappa shape index (κ2) is 8.79. The molecule has 1 aromatic heterocycles. The summed E-state index contributed by atoms with van der Waals surface area (Å²) in [5, 5.41) is 0. The van der Waals surface area contributed by atoms with Crippen molar-refractivity contribution in [2.24, 2.45) is 5.92 Å². The van der Waals surface area contributed by atoms with Crippen LogP contribution in [-0.2, 0) is 26.1 Å². The number of hydrogen-bond acceptors (Lipinski definition) is 7. The SMILES string of the molecule is CCOC(=O)[C@H]1CCCN(S(=O)(=O)c2ccc(CN3C(=O)c4cccnc4C3=O)cc2)C1. The van der Waals surface area contributed by atoms with Crippen molar-refractivity contribution in [2.75, 3.05) is 19.7 Å². The molecule has 1 fully saturated rings. The van der Waals surface area contributed by atoms with Crippen LogP contribution in [0.2, 0.25) is 0 Å². The monoisotopic (exact) mass is 457 g/mol.